The van der Waals surface area contributed by atoms with E-state index in [0.717, 1.165) is 56.4 Å². The highest BCUT2D eigenvalue weighted by molar-refractivity contribution is 5.52. The first-order valence-electron chi connectivity index (χ1n) is 9.26. The van der Waals surface area contributed by atoms with Crippen molar-refractivity contribution in [1.82, 2.24) is 14.9 Å². The maximum atomic E-state index is 8.86. The minimum atomic E-state index is 0.180. The van der Waals surface area contributed by atoms with Gasteiger partial charge in [0.05, 0.1) is 11.3 Å². The number of ether oxygens (including phenoxy) is 1. The fourth-order valence-electron chi connectivity index (χ4n) is 3.67. The van der Waals surface area contributed by atoms with Gasteiger partial charge in [0, 0.05) is 45.1 Å². The fourth-order valence-corrected chi connectivity index (χ4v) is 3.67. The van der Waals surface area contributed by atoms with Gasteiger partial charge in [-0.15, -0.1) is 0 Å². The van der Waals surface area contributed by atoms with Crippen LogP contribution in [0.2, 0.25) is 0 Å². The largest absolute Gasteiger partial charge is 0.485 e. The van der Waals surface area contributed by atoms with Crippen LogP contribution in [-0.4, -0.2) is 47.2 Å². The number of nitrogens with zero attached hydrogens (tertiary/aromatic N) is 5. The van der Waals surface area contributed by atoms with Crippen molar-refractivity contribution in [3.8, 4) is 11.8 Å². The van der Waals surface area contributed by atoms with Crippen molar-refractivity contribution in [3.05, 3.63) is 47.9 Å². The van der Waals surface area contributed by atoms with E-state index in [4.69, 9.17) is 10.00 Å². The zero-order valence-corrected chi connectivity index (χ0v) is 14.8. The number of rotatable bonds is 5. The van der Waals surface area contributed by atoms with Crippen LogP contribution in [0.4, 0.5) is 5.82 Å². The second-order valence-corrected chi connectivity index (χ2v) is 6.93. The summed E-state index contributed by atoms with van der Waals surface area (Å²) >= 11 is 0. The first-order valence-corrected chi connectivity index (χ1v) is 9.26. The number of aromatic nitrogens is 2. The quantitative estimate of drug-likeness (QED) is 0.827. The SMILES string of the molecule is N#Cc1ccc(CN2CC[C@@H](Oc3cccnc3N3CCCC3)C2)nc1. The van der Waals surface area contributed by atoms with Gasteiger partial charge in [0.1, 0.15) is 12.2 Å². The van der Waals surface area contributed by atoms with E-state index >= 15 is 0 Å². The van der Waals surface area contributed by atoms with Crippen molar-refractivity contribution < 1.29 is 4.74 Å². The zero-order chi connectivity index (χ0) is 17.8. The molecule has 6 heteroatoms. The molecule has 2 aliphatic heterocycles. The van der Waals surface area contributed by atoms with E-state index in [2.05, 4.69) is 25.8 Å². The van der Waals surface area contributed by atoms with Gasteiger partial charge in [-0.05, 0) is 43.5 Å². The molecule has 2 aromatic heterocycles. The Bertz CT molecular complexity index is 780. The van der Waals surface area contributed by atoms with E-state index in [1.165, 1.54) is 12.8 Å². The number of hydrogen-bond acceptors (Lipinski definition) is 6. The van der Waals surface area contributed by atoms with E-state index in [-0.39, 0.29) is 6.10 Å². The second-order valence-electron chi connectivity index (χ2n) is 6.93. The molecule has 1 atom stereocenters. The highest BCUT2D eigenvalue weighted by Gasteiger charge is 2.26. The van der Waals surface area contributed by atoms with Crippen LogP contribution in [-0.2, 0) is 6.54 Å². The number of likely N-dealkylation sites (tertiary alicyclic amines) is 1. The molecule has 0 aliphatic carbocycles. The summed E-state index contributed by atoms with van der Waals surface area (Å²) in [5, 5.41) is 8.86. The molecular formula is C20H23N5O. The Kier molecular flexibility index (Phi) is 4.98. The van der Waals surface area contributed by atoms with Gasteiger partial charge in [-0.3, -0.25) is 9.88 Å². The Morgan fingerprint density at radius 3 is 2.81 bits per heavy atom. The lowest BCUT2D eigenvalue weighted by Crippen LogP contribution is -2.26. The maximum absolute atomic E-state index is 8.86. The molecule has 0 saturated carbocycles. The molecule has 0 bridgehead atoms. The summed E-state index contributed by atoms with van der Waals surface area (Å²) in [7, 11) is 0. The normalized spacial score (nSPS) is 20.3. The van der Waals surface area contributed by atoms with Gasteiger partial charge in [0.15, 0.2) is 11.6 Å². The van der Waals surface area contributed by atoms with Crippen molar-refractivity contribution in [1.29, 1.82) is 5.26 Å². The van der Waals surface area contributed by atoms with Crippen LogP contribution >= 0.6 is 0 Å². The molecule has 2 aliphatic rings. The summed E-state index contributed by atoms with van der Waals surface area (Å²) in [6.07, 6.45) is 7.12. The van der Waals surface area contributed by atoms with Crippen LogP contribution in [0.1, 0.15) is 30.5 Å². The van der Waals surface area contributed by atoms with Gasteiger partial charge < -0.3 is 9.64 Å². The molecule has 2 aromatic rings. The molecule has 0 aromatic carbocycles. The smallest absolute Gasteiger partial charge is 0.171 e. The first-order chi connectivity index (χ1) is 12.8. The van der Waals surface area contributed by atoms with E-state index < -0.39 is 0 Å². The lowest BCUT2D eigenvalue weighted by Gasteiger charge is -2.22. The van der Waals surface area contributed by atoms with Gasteiger partial charge in [-0.2, -0.15) is 5.26 Å². The summed E-state index contributed by atoms with van der Waals surface area (Å²) < 4.78 is 6.31. The van der Waals surface area contributed by atoms with Crippen molar-refractivity contribution in [2.24, 2.45) is 0 Å². The van der Waals surface area contributed by atoms with Gasteiger partial charge in [0.25, 0.3) is 0 Å². The van der Waals surface area contributed by atoms with Gasteiger partial charge in [-0.25, -0.2) is 4.98 Å². The lowest BCUT2D eigenvalue weighted by molar-refractivity contribution is 0.197. The fraction of sp³-hybridized carbons (Fsp3) is 0.450. The standard InChI is InChI=1S/C20H23N5O/c21-12-16-5-6-17(23-13-16)14-24-11-7-18(15-24)26-19-4-3-8-22-20(19)25-9-1-2-10-25/h3-6,8,13,18H,1-2,7,9-11,14-15H2/t18-/m1/s1. The summed E-state index contributed by atoms with van der Waals surface area (Å²) in [5.74, 6) is 1.88. The third-order valence-corrected chi connectivity index (χ3v) is 5.02. The third kappa shape index (κ3) is 3.78. The molecule has 2 fully saturated rings. The molecule has 2 saturated heterocycles. The van der Waals surface area contributed by atoms with E-state index in [0.29, 0.717) is 5.56 Å². The summed E-state index contributed by atoms with van der Waals surface area (Å²) in [6.45, 7) is 4.79. The predicted octanol–water partition coefficient (Wildman–Crippen LogP) is 2.60. The number of anilines is 1. The molecule has 26 heavy (non-hydrogen) atoms. The average Bonchev–Trinajstić information content (AvgIpc) is 3.35. The Morgan fingerprint density at radius 2 is 2.04 bits per heavy atom. The zero-order valence-electron chi connectivity index (χ0n) is 14.8. The van der Waals surface area contributed by atoms with Crippen molar-refractivity contribution in [3.63, 3.8) is 0 Å². The Hall–Kier alpha value is -2.65. The summed E-state index contributed by atoms with van der Waals surface area (Å²) in [6, 6.07) is 9.84. The molecular weight excluding hydrogens is 326 g/mol. The molecule has 0 amide bonds. The Labute approximate surface area is 154 Å². The highest BCUT2D eigenvalue weighted by Crippen LogP contribution is 2.30. The first kappa shape index (κ1) is 16.8. The van der Waals surface area contributed by atoms with Crippen molar-refractivity contribution in [2.75, 3.05) is 31.1 Å². The minimum absolute atomic E-state index is 0.180. The molecule has 0 unspecified atom stereocenters. The van der Waals surface area contributed by atoms with Crippen LogP contribution in [0.25, 0.3) is 0 Å². The molecule has 0 N–H and O–H groups in total. The Balaban J connectivity index is 1.36. The summed E-state index contributed by atoms with van der Waals surface area (Å²) in [5.41, 5.74) is 1.59. The van der Waals surface area contributed by atoms with Crippen LogP contribution < -0.4 is 9.64 Å². The monoisotopic (exact) mass is 349 g/mol. The van der Waals surface area contributed by atoms with E-state index in [9.17, 15) is 0 Å². The maximum Gasteiger partial charge on any atom is 0.171 e. The third-order valence-electron chi connectivity index (χ3n) is 5.02. The second kappa shape index (κ2) is 7.71. The molecule has 0 spiro atoms. The van der Waals surface area contributed by atoms with Crippen molar-refractivity contribution in [2.45, 2.75) is 31.9 Å². The number of pyridine rings is 2. The number of nitriles is 1. The van der Waals surface area contributed by atoms with E-state index in [1.54, 1.807) is 6.20 Å². The Morgan fingerprint density at radius 1 is 1.15 bits per heavy atom. The average molecular weight is 349 g/mol. The van der Waals surface area contributed by atoms with Gasteiger partial charge in [0.2, 0.25) is 0 Å². The summed E-state index contributed by atoms with van der Waals surface area (Å²) in [4.78, 5) is 13.6. The van der Waals surface area contributed by atoms with Crippen LogP contribution in [0, 0.1) is 11.3 Å². The highest BCUT2D eigenvalue weighted by atomic mass is 16.5. The van der Waals surface area contributed by atoms with Crippen LogP contribution in [0.3, 0.4) is 0 Å². The molecule has 6 nitrogen and oxygen atoms in total. The molecule has 4 rings (SSSR count). The number of hydrogen-bond donors (Lipinski definition) is 0. The van der Waals surface area contributed by atoms with Gasteiger partial charge in [-0.1, -0.05) is 0 Å². The van der Waals surface area contributed by atoms with E-state index in [1.807, 2.05) is 30.5 Å². The molecule has 0 radical (unpaired) electrons. The lowest BCUT2D eigenvalue weighted by atomic mass is 10.2. The minimum Gasteiger partial charge on any atom is -0.485 e. The van der Waals surface area contributed by atoms with Gasteiger partial charge >= 0.3 is 0 Å². The van der Waals surface area contributed by atoms with Crippen LogP contribution in [0.5, 0.6) is 5.75 Å². The molecule has 134 valence electrons. The topological polar surface area (TPSA) is 65.3 Å². The molecule has 4 heterocycles. The predicted molar refractivity (Wildman–Crippen MR) is 98.9 cm³/mol. The van der Waals surface area contributed by atoms with Crippen LogP contribution in [0.15, 0.2) is 36.7 Å². The van der Waals surface area contributed by atoms with Crippen molar-refractivity contribution >= 4 is 5.82 Å².